The third-order valence-electron chi connectivity index (χ3n) is 3.23. The Morgan fingerprint density at radius 3 is 2.90 bits per heavy atom. The van der Waals surface area contributed by atoms with Crippen molar-refractivity contribution in [3.8, 4) is 28.4 Å². The van der Waals surface area contributed by atoms with Crippen LogP contribution in [-0.4, -0.2) is 19.5 Å². The van der Waals surface area contributed by atoms with Crippen LogP contribution in [0.3, 0.4) is 0 Å². The Morgan fingerprint density at radius 1 is 1.15 bits per heavy atom. The number of ether oxygens (including phenoxy) is 1. The maximum Gasteiger partial charge on any atom is 0.167 e. The lowest BCUT2D eigenvalue weighted by Gasteiger charge is -2.20. The SMILES string of the molecule is Brc1nc2n(c1-c1cccnc1)COc1ccncc1-2. The number of hydrogen-bond donors (Lipinski definition) is 0. The van der Waals surface area contributed by atoms with E-state index in [1.807, 2.05) is 29.0 Å². The number of halogens is 1. The fourth-order valence-electron chi connectivity index (χ4n) is 2.34. The third kappa shape index (κ3) is 1.65. The molecule has 0 amide bonds. The molecule has 0 atom stereocenters. The molecule has 20 heavy (non-hydrogen) atoms. The molecule has 98 valence electrons. The number of nitrogens with zero attached hydrogens (tertiary/aromatic N) is 4. The van der Waals surface area contributed by atoms with Crippen LogP contribution in [0.2, 0.25) is 0 Å². The maximum absolute atomic E-state index is 5.77. The van der Waals surface area contributed by atoms with Crippen LogP contribution in [0.25, 0.3) is 22.6 Å². The summed E-state index contributed by atoms with van der Waals surface area (Å²) >= 11 is 3.53. The lowest BCUT2D eigenvalue weighted by atomic mass is 10.2. The van der Waals surface area contributed by atoms with Gasteiger partial charge in [-0.05, 0) is 34.1 Å². The van der Waals surface area contributed by atoms with Gasteiger partial charge in [0.2, 0.25) is 0 Å². The van der Waals surface area contributed by atoms with Crippen molar-refractivity contribution in [3.05, 3.63) is 47.6 Å². The van der Waals surface area contributed by atoms with Crippen LogP contribution in [0.4, 0.5) is 0 Å². The summed E-state index contributed by atoms with van der Waals surface area (Å²) < 4.78 is 8.56. The first-order valence-corrected chi connectivity index (χ1v) is 6.87. The van der Waals surface area contributed by atoms with E-state index in [1.54, 1.807) is 18.6 Å². The normalized spacial score (nSPS) is 12.4. The molecule has 0 aromatic carbocycles. The Balaban J connectivity index is 1.97. The van der Waals surface area contributed by atoms with E-state index in [0.29, 0.717) is 6.73 Å². The van der Waals surface area contributed by atoms with Gasteiger partial charge >= 0.3 is 0 Å². The Hall–Kier alpha value is -2.21. The maximum atomic E-state index is 5.77. The van der Waals surface area contributed by atoms with E-state index >= 15 is 0 Å². The van der Waals surface area contributed by atoms with Crippen molar-refractivity contribution in [3.63, 3.8) is 0 Å². The molecule has 0 bridgehead atoms. The van der Waals surface area contributed by atoms with E-state index in [9.17, 15) is 0 Å². The lowest BCUT2D eigenvalue weighted by Crippen LogP contribution is -2.14. The number of hydrogen-bond acceptors (Lipinski definition) is 4. The Kier molecular flexibility index (Phi) is 2.56. The van der Waals surface area contributed by atoms with Gasteiger partial charge in [-0.15, -0.1) is 0 Å². The molecule has 0 N–H and O–H groups in total. The fraction of sp³-hybridized carbons (Fsp3) is 0.0714. The molecule has 4 heterocycles. The molecule has 6 heteroatoms. The van der Waals surface area contributed by atoms with Gasteiger partial charge in [-0.3, -0.25) is 14.5 Å². The van der Waals surface area contributed by atoms with Crippen LogP contribution in [0.5, 0.6) is 5.75 Å². The summed E-state index contributed by atoms with van der Waals surface area (Å²) in [5, 5.41) is 0. The average molecular weight is 329 g/mol. The van der Waals surface area contributed by atoms with Gasteiger partial charge in [0, 0.05) is 30.4 Å². The number of imidazole rings is 1. The van der Waals surface area contributed by atoms with Gasteiger partial charge in [0.1, 0.15) is 16.2 Å². The van der Waals surface area contributed by atoms with Crippen LogP contribution in [-0.2, 0) is 6.73 Å². The highest BCUT2D eigenvalue weighted by Crippen LogP contribution is 2.38. The molecule has 4 rings (SSSR count). The molecule has 0 fully saturated rings. The zero-order valence-corrected chi connectivity index (χ0v) is 11.9. The molecule has 3 aromatic heterocycles. The van der Waals surface area contributed by atoms with Gasteiger partial charge in [-0.25, -0.2) is 4.98 Å². The van der Waals surface area contributed by atoms with Crippen LogP contribution < -0.4 is 4.74 Å². The third-order valence-corrected chi connectivity index (χ3v) is 3.78. The summed E-state index contributed by atoms with van der Waals surface area (Å²) in [4.78, 5) is 12.9. The minimum Gasteiger partial charge on any atom is -0.472 e. The molecule has 1 aliphatic heterocycles. The average Bonchev–Trinajstić information content (AvgIpc) is 2.84. The second-order valence-corrected chi connectivity index (χ2v) is 5.14. The second-order valence-electron chi connectivity index (χ2n) is 4.39. The van der Waals surface area contributed by atoms with Gasteiger partial charge in [0.15, 0.2) is 6.73 Å². The minimum absolute atomic E-state index is 0.426. The van der Waals surface area contributed by atoms with Crippen LogP contribution in [0.15, 0.2) is 47.6 Å². The van der Waals surface area contributed by atoms with E-state index in [-0.39, 0.29) is 0 Å². The molecule has 0 unspecified atom stereocenters. The number of aromatic nitrogens is 4. The van der Waals surface area contributed by atoms with E-state index < -0.39 is 0 Å². The van der Waals surface area contributed by atoms with E-state index in [0.717, 1.165) is 33.0 Å². The van der Waals surface area contributed by atoms with Gasteiger partial charge < -0.3 is 4.74 Å². The predicted molar refractivity (Wildman–Crippen MR) is 77.0 cm³/mol. The largest absolute Gasteiger partial charge is 0.472 e. The summed E-state index contributed by atoms with van der Waals surface area (Å²) in [5.74, 6) is 1.66. The second kappa shape index (κ2) is 4.42. The molecule has 5 nitrogen and oxygen atoms in total. The highest BCUT2D eigenvalue weighted by Gasteiger charge is 2.24. The highest BCUT2D eigenvalue weighted by molar-refractivity contribution is 9.10. The summed E-state index contributed by atoms with van der Waals surface area (Å²) in [5.41, 5.74) is 2.85. The topological polar surface area (TPSA) is 52.8 Å². The predicted octanol–water partition coefficient (Wildman–Crippen LogP) is 3.12. The van der Waals surface area contributed by atoms with Crippen molar-refractivity contribution in [1.29, 1.82) is 0 Å². The first-order valence-electron chi connectivity index (χ1n) is 6.08. The molecular formula is C14H9BrN4O. The lowest BCUT2D eigenvalue weighted by molar-refractivity contribution is 0.231. The van der Waals surface area contributed by atoms with Crippen molar-refractivity contribution in [2.24, 2.45) is 0 Å². The first kappa shape index (κ1) is 11.6. The molecule has 0 radical (unpaired) electrons. The monoisotopic (exact) mass is 328 g/mol. The fourth-order valence-corrected chi connectivity index (χ4v) is 2.95. The van der Waals surface area contributed by atoms with E-state index in [4.69, 9.17) is 4.74 Å². The molecule has 0 spiro atoms. The van der Waals surface area contributed by atoms with Gasteiger partial charge in [-0.2, -0.15) is 0 Å². The van der Waals surface area contributed by atoms with Gasteiger partial charge in [0.05, 0.1) is 11.3 Å². The quantitative estimate of drug-likeness (QED) is 0.688. The molecule has 1 aliphatic rings. The summed E-state index contributed by atoms with van der Waals surface area (Å²) in [6, 6.07) is 5.76. The Morgan fingerprint density at radius 2 is 2.05 bits per heavy atom. The number of pyridine rings is 2. The van der Waals surface area contributed by atoms with Crippen molar-refractivity contribution in [1.82, 2.24) is 19.5 Å². The standard InChI is InChI=1S/C14H9BrN4O/c15-13-12(9-2-1-4-16-6-9)19-8-20-11-3-5-17-7-10(11)14(19)18-13/h1-7H,8H2. The van der Waals surface area contributed by atoms with E-state index in [2.05, 4.69) is 30.9 Å². The number of fused-ring (bicyclic) bond motifs is 3. The van der Waals surface area contributed by atoms with Crippen LogP contribution in [0, 0.1) is 0 Å². The highest BCUT2D eigenvalue weighted by atomic mass is 79.9. The van der Waals surface area contributed by atoms with Gasteiger partial charge in [-0.1, -0.05) is 0 Å². The molecule has 3 aromatic rings. The van der Waals surface area contributed by atoms with Crippen LogP contribution >= 0.6 is 15.9 Å². The first-order chi connectivity index (χ1) is 9.84. The van der Waals surface area contributed by atoms with Crippen molar-refractivity contribution in [2.45, 2.75) is 6.73 Å². The Bertz CT molecular complexity index is 785. The smallest absolute Gasteiger partial charge is 0.167 e. The Labute approximate surface area is 123 Å². The summed E-state index contributed by atoms with van der Waals surface area (Å²) in [6.45, 7) is 0.426. The summed E-state index contributed by atoms with van der Waals surface area (Å²) in [7, 11) is 0. The van der Waals surface area contributed by atoms with Gasteiger partial charge in [0.25, 0.3) is 0 Å². The molecule has 0 saturated heterocycles. The minimum atomic E-state index is 0.426. The van der Waals surface area contributed by atoms with Crippen LogP contribution in [0.1, 0.15) is 0 Å². The number of rotatable bonds is 1. The van der Waals surface area contributed by atoms with Crippen molar-refractivity contribution < 1.29 is 4.74 Å². The zero-order chi connectivity index (χ0) is 13.5. The molecule has 0 saturated carbocycles. The van der Waals surface area contributed by atoms with Crippen molar-refractivity contribution in [2.75, 3.05) is 0 Å². The zero-order valence-electron chi connectivity index (χ0n) is 10.3. The summed E-state index contributed by atoms with van der Waals surface area (Å²) in [6.07, 6.45) is 7.05. The van der Waals surface area contributed by atoms with Crippen molar-refractivity contribution >= 4 is 15.9 Å². The molecule has 0 aliphatic carbocycles. The van der Waals surface area contributed by atoms with E-state index in [1.165, 1.54) is 0 Å². The molecular weight excluding hydrogens is 320 g/mol.